The average molecular weight is 274 g/mol. The van der Waals surface area contributed by atoms with Crippen molar-refractivity contribution in [3.8, 4) is 5.75 Å². The van der Waals surface area contributed by atoms with Crippen LogP contribution in [0.15, 0.2) is 22.7 Å². The van der Waals surface area contributed by atoms with E-state index in [-0.39, 0.29) is 17.9 Å². The van der Waals surface area contributed by atoms with Gasteiger partial charge in [0.2, 0.25) is 0 Å². The lowest BCUT2D eigenvalue weighted by atomic mass is 10.1. The van der Waals surface area contributed by atoms with Gasteiger partial charge in [0, 0.05) is 16.6 Å². The predicted molar refractivity (Wildman–Crippen MR) is 63.8 cm³/mol. The van der Waals surface area contributed by atoms with Crippen LogP contribution in [0.4, 0.5) is 0 Å². The van der Waals surface area contributed by atoms with Gasteiger partial charge in [-0.1, -0.05) is 15.9 Å². The molecule has 4 heteroatoms. The number of benzene rings is 1. The van der Waals surface area contributed by atoms with Crippen LogP contribution in [0.25, 0.3) is 0 Å². The minimum Gasteiger partial charge on any atom is -0.508 e. The zero-order chi connectivity index (χ0) is 11.5. The maximum Gasteiger partial charge on any atom is 0.115 e. The van der Waals surface area contributed by atoms with Gasteiger partial charge < -0.3 is 15.5 Å². The smallest absolute Gasteiger partial charge is 0.115 e. The van der Waals surface area contributed by atoms with Crippen molar-refractivity contribution in [3.63, 3.8) is 0 Å². The number of aliphatic hydroxyl groups is 1. The second kappa shape index (κ2) is 4.96. The normalized spacial score (nSPS) is 11.7. The first-order chi connectivity index (χ1) is 6.94. The van der Waals surface area contributed by atoms with E-state index in [2.05, 4.69) is 21.2 Å². The number of aromatic hydroxyl groups is 1. The van der Waals surface area contributed by atoms with Gasteiger partial charge in [-0.25, -0.2) is 0 Å². The molecule has 1 aromatic rings. The SMILES string of the molecule is CC(C)(CO)NCc1cc(O)ccc1Br. The Labute approximate surface area is 98.3 Å². The summed E-state index contributed by atoms with van der Waals surface area (Å²) in [7, 11) is 0. The van der Waals surface area contributed by atoms with Gasteiger partial charge in [0.25, 0.3) is 0 Å². The molecule has 84 valence electrons. The van der Waals surface area contributed by atoms with Crippen LogP contribution in [-0.2, 0) is 6.54 Å². The number of rotatable bonds is 4. The molecule has 3 nitrogen and oxygen atoms in total. The maximum atomic E-state index is 9.33. The van der Waals surface area contributed by atoms with Gasteiger partial charge in [-0.05, 0) is 37.6 Å². The third-order valence-corrected chi connectivity index (χ3v) is 2.96. The molecule has 0 aromatic heterocycles. The molecule has 15 heavy (non-hydrogen) atoms. The summed E-state index contributed by atoms with van der Waals surface area (Å²) in [6.45, 7) is 4.51. The summed E-state index contributed by atoms with van der Waals surface area (Å²) < 4.78 is 0.946. The van der Waals surface area contributed by atoms with Crippen LogP contribution in [0.3, 0.4) is 0 Å². The van der Waals surface area contributed by atoms with Crippen molar-refractivity contribution in [3.05, 3.63) is 28.2 Å². The molecule has 0 bridgehead atoms. The number of nitrogens with one attached hydrogen (secondary N) is 1. The Bertz CT molecular complexity index is 339. The molecule has 1 aromatic carbocycles. The van der Waals surface area contributed by atoms with E-state index in [1.54, 1.807) is 18.2 Å². The van der Waals surface area contributed by atoms with E-state index in [1.165, 1.54) is 0 Å². The van der Waals surface area contributed by atoms with Crippen LogP contribution < -0.4 is 5.32 Å². The summed E-state index contributed by atoms with van der Waals surface area (Å²) in [5.74, 6) is 0.247. The first kappa shape index (κ1) is 12.5. The first-order valence-corrected chi connectivity index (χ1v) is 5.57. The van der Waals surface area contributed by atoms with Gasteiger partial charge >= 0.3 is 0 Å². The minimum absolute atomic E-state index is 0.0729. The zero-order valence-electron chi connectivity index (χ0n) is 8.92. The van der Waals surface area contributed by atoms with Crippen LogP contribution in [0.5, 0.6) is 5.75 Å². The number of aliphatic hydroxyl groups excluding tert-OH is 1. The van der Waals surface area contributed by atoms with Gasteiger partial charge in [0.15, 0.2) is 0 Å². The molecule has 0 fully saturated rings. The highest BCUT2D eigenvalue weighted by atomic mass is 79.9. The summed E-state index contributed by atoms with van der Waals surface area (Å²) in [5.41, 5.74) is 0.654. The van der Waals surface area contributed by atoms with E-state index >= 15 is 0 Å². The summed E-state index contributed by atoms with van der Waals surface area (Å²) in [6.07, 6.45) is 0. The maximum absolute atomic E-state index is 9.33. The summed E-state index contributed by atoms with van der Waals surface area (Å²) in [4.78, 5) is 0. The Kier molecular flexibility index (Phi) is 4.13. The van der Waals surface area contributed by atoms with Gasteiger partial charge in [-0.15, -0.1) is 0 Å². The topological polar surface area (TPSA) is 52.5 Å². The summed E-state index contributed by atoms with van der Waals surface area (Å²) in [5, 5.41) is 21.6. The quantitative estimate of drug-likeness (QED) is 0.787. The molecule has 0 amide bonds. The fourth-order valence-electron chi connectivity index (χ4n) is 1.09. The molecule has 0 saturated heterocycles. The first-order valence-electron chi connectivity index (χ1n) is 4.78. The van der Waals surface area contributed by atoms with Crippen molar-refractivity contribution < 1.29 is 10.2 Å². The molecule has 0 saturated carbocycles. The highest BCUT2D eigenvalue weighted by molar-refractivity contribution is 9.10. The van der Waals surface area contributed by atoms with E-state index in [9.17, 15) is 5.11 Å². The van der Waals surface area contributed by atoms with Gasteiger partial charge in [0.1, 0.15) is 5.75 Å². The second-order valence-corrected chi connectivity index (χ2v) is 5.03. The van der Waals surface area contributed by atoms with E-state index in [0.717, 1.165) is 10.0 Å². The Balaban J connectivity index is 2.69. The van der Waals surface area contributed by atoms with Crippen LogP contribution >= 0.6 is 15.9 Å². The number of phenolic OH excluding ortho intramolecular Hbond substituents is 1. The van der Waals surface area contributed by atoms with Crippen molar-refractivity contribution >= 4 is 15.9 Å². The Morgan fingerprint density at radius 2 is 2.07 bits per heavy atom. The number of hydrogen-bond donors (Lipinski definition) is 3. The van der Waals surface area contributed by atoms with Crippen LogP contribution in [0, 0.1) is 0 Å². The number of phenols is 1. The van der Waals surface area contributed by atoms with E-state index in [4.69, 9.17) is 5.11 Å². The fraction of sp³-hybridized carbons (Fsp3) is 0.455. The molecule has 0 heterocycles. The van der Waals surface area contributed by atoms with Crippen LogP contribution in [0.1, 0.15) is 19.4 Å². The fourth-order valence-corrected chi connectivity index (χ4v) is 1.47. The van der Waals surface area contributed by atoms with Crippen LogP contribution in [-0.4, -0.2) is 22.4 Å². The van der Waals surface area contributed by atoms with Crippen molar-refractivity contribution in [1.29, 1.82) is 0 Å². The standard InChI is InChI=1S/C11H16BrNO2/c1-11(2,7-14)13-6-8-5-9(15)3-4-10(8)12/h3-5,13-15H,6-7H2,1-2H3. The molecule has 0 radical (unpaired) electrons. The van der Waals surface area contributed by atoms with Crippen LogP contribution in [0.2, 0.25) is 0 Å². The van der Waals surface area contributed by atoms with Crippen molar-refractivity contribution in [1.82, 2.24) is 5.32 Å². The molecule has 0 atom stereocenters. The molecular formula is C11H16BrNO2. The highest BCUT2D eigenvalue weighted by Gasteiger charge is 2.15. The monoisotopic (exact) mass is 273 g/mol. The molecule has 0 unspecified atom stereocenters. The predicted octanol–water partition coefficient (Wildman–Crippen LogP) is 2.02. The van der Waals surface area contributed by atoms with E-state index in [0.29, 0.717) is 6.54 Å². The summed E-state index contributed by atoms with van der Waals surface area (Å²) >= 11 is 3.41. The third kappa shape index (κ3) is 3.81. The molecule has 0 aliphatic carbocycles. The summed E-state index contributed by atoms with van der Waals surface area (Å²) in [6, 6.07) is 5.13. The van der Waals surface area contributed by atoms with Gasteiger partial charge in [-0.3, -0.25) is 0 Å². The number of halogens is 1. The molecule has 0 aliphatic heterocycles. The molecule has 3 N–H and O–H groups in total. The van der Waals surface area contributed by atoms with Crippen molar-refractivity contribution in [2.24, 2.45) is 0 Å². The largest absolute Gasteiger partial charge is 0.508 e. The minimum atomic E-state index is -0.315. The van der Waals surface area contributed by atoms with Crippen molar-refractivity contribution in [2.75, 3.05) is 6.61 Å². The molecule has 1 rings (SSSR count). The lowest BCUT2D eigenvalue weighted by Gasteiger charge is -2.23. The third-order valence-electron chi connectivity index (χ3n) is 2.18. The highest BCUT2D eigenvalue weighted by Crippen LogP contribution is 2.22. The average Bonchev–Trinajstić information content (AvgIpc) is 2.20. The Hall–Kier alpha value is -0.580. The lowest BCUT2D eigenvalue weighted by molar-refractivity contribution is 0.187. The zero-order valence-corrected chi connectivity index (χ0v) is 10.5. The second-order valence-electron chi connectivity index (χ2n) is 4.17. The lowest BCUT2D eigenvalue weighted by Crippen LogP contribution is -2.42. The Morgan fingerprint density at radius 3 is 2.67 bits per heavy atom. The van der Waals surface area contributed by atoms with Gasteiger partial charge in [0.05, 0.1) is 6.61 Å². The molecule has 0 spiro atoms. The molecule has 0 aliphatic rings. The Morgan fingerprint density at radius 1 is 1.40 bits per heavy atom. The molecular weight excluding hydrogens is 258 g/mol. The van der Waals surface area contributed by atoms with Gasteiger partial charge in [-0.2, -0.15) is 0 Å². The van der Waals surface area contributed by atoms with E-state index < -0.39 is 0 Å². The number of hydrogen-bond acceptors (Lipinski definition) is 3. The van der Waals surface area contributed by atoms with Crippen molar-refractivity contribution in [2.45, 2.75) is 25.9 Å². The van der Waals surface area contributed by atoms with E-state index in [1.807, 2.05) is 13.8 Å².